The lowest BCUT2D eigenvalue weighted by Crippen LogP contribution is -2.28. The van der Waals surface area contributed by atoms with Crippen molar-refractivity contribution in [3.63, 3.8) is 0 Å². The number of nitrogens with zero attached hydrogens (tertiary/aromatic N) is 1. The van der Waals surface area contributed by atoms with Crippen molar-refractivity contribution < 1.29 is 27.1 Å². The first-order valence-corrected chi connectivity index (χ1v) is 14.2. The molecule has 1 amide bonds. The fourth-order valence-electron chi connectivity index (χ4n) is 4.24. The van der Waals surface area contributed by atoms with Crippen LogP contribution < -0.4 is 9.62 Å². The number of aliphatic hydroxyl groups is 1. The fourth-order valence-corrected chi connectivity index (χ4v) is 4.73. The highest BCUT2D eigenvalue weighted by Crippen LogP contribution is 2.32. The topological polar surface area (TPSA) is 99.8 Å². The molecule has 2 N–H and O–H groups in total. The molecule has 3 aromatic carbocycles. The number of rotatable bonds is 9. The van der Waals surface area contributed by atoms with E-state index in [1.807, 2.05) is 30.3 Å². The third-order valence-corrected chi connectivity index (χ3v) is 7.82. The Morgan fingerprint density at radius 2 is 1.72 bits per heavy atom. The van der Waals surface area contributed by atoms with Gasteiger partial charge >= 0.3 is 0 Å². The minimum absolute atomic E-state index is 0.211. The van der Waals surface area contributed by atoms with E-state index >= 15 is 0 Å². The lowest BCUT2D eigenvalue weighted by molar-refractivity contribution is 0.0523. The fraction of sp³-hybridized carbons (Fsp3) is 0.233. The summed E-state index contributed by atoms with van der Waals surface area (Å²) in [5.74, 6) is 0.132. The zero-order chi connectivity index (χ0) is 28.4. The van der Waals surface area contributed by atoms with Gasteiger partial charge in [0, 0.05) is 24.6 Å². The highest BCUT2D eigenvalue weighted by Gasteiger charge is 2.26. The average Bonchev–Trinajstić information content (AvgIpc) is 3.36. The molecule has 0 aliphatic rings. The van der Waals surface area contributed by atoms with Crippen LogP contribution in [0, 0.1) is 5.82 Å². The van der Waals surface area contributed by atoms with E-state index in [-0.39, 0.29) is 23.5 Å². The Balaban J connectivity index is 1.65. The van der Waals surface area contributed by atoms with E-state index in [0.29, 0.717) is 17.1 Å². The van der Waals surface area contributed by atoms with Crippen LogP contribution in [0.2, 0.25) is 0 Å². The molecule has 39 heavy (non-hydrogen) atoms. The molecule has 0 bridgehead atoms. The van der Waals surface area contributed by atoms with Crippen molar-refractivity contribution in [1.29, 1.82) is 0 Å². The largest absolute Gasteiger partial charge is 0.461 e. The molecule has 0 saturated heterocycles. The van der Waals surface area contributed by atoms with E-state index in [1.54, 1.807) is 50.2 Å². The van der Waals surface area contributed by atoms with Crippen molar-refractivity contribution in [2.24, 2.45) is 0 Å². The second-order valence-electron chi connectivity index (χ2n) is 9.83. The second kappa shape index (κ2) is 11.0. The molecule has 1 heterocycles. The maximum Gasteiger partial charge on any atom is 0.251 e. The van der Waals surface area contributed by atoms with Gasteiger partial charge in [-0.25, -0.2) is 12.8 Å². The van der Waals surface area contributed by atoms with Crippen LogP contribution in [0.25, 0.3) is 11.3 Å². The molecule has 2 atom stereocenters. The summed E-state index contributed by atoms with van der Waals surface area (Å²) < 4.78 is 45.0. The van der Waals surface area contributed by atoms with E-state index in [2.05, 4.69) is 5.32 Å². The third-order valence-electron chi connectivity index (χ3n) is 6.62. The number of anilines is 1. The summed E-state index contributed by atoms with van der Waals surface area (Å²) in [6, 6.07) is 22.9. The van der Waals surface area contributed by atoms with E-state index in [9.17, 15) is 22.7 Å². The van der Waals surface area contributed by atoms with Gasteiger partial charge in [-0.3, -0.25) is 9.10 Å². The second-order valence-corrected chi connectivity index (χ2v) is 11.8. The quantitative estimate of drug-likeness (QED) is 0.290. The Bertz CT molecular complexity index is 1560. The summed E-state index contributed by atoms with van der Waals surface area (Å²) in [5, 5.41) is 13.9. The van der Waals surface area contributed by atoms with Gasteiger partial charge < -0.3 is 14.8 Å². The molecule has 1 unspecified atom stereocenters. The standard InChI is InChI=1S/C30H31FN2O5S/c1-20(21-10-12-25(31)13-11-21)32-29(34)23-16-22(17-26(18-23)33(3)39(4,36)37)28-15-14-27(38-28)19-30(2,35)24-8-6-5-7-9-24/h5-18,20,35H,19H2,1-4H3,(H,32,34)/t20-,30?/m1/s1. The number of hydrogen-bond donors (Lipinski definition) is 2. The minimum atomic E-state index is -3.61. The number of amides is 1. The Hall–Kier alpha value is -3.95. The molecule has 204 valence electrons. The number of carbonyl (C=O) groups excluding carboxylic acids is 1. The minimum Gasteiger partial charge on any atom is -0.461 e. The van der Waals surface area contributed by atoms with E-state index in [0.717, 1.165) is 21.7 Å². The summed E-state index contributed by atoms with van der Waals surface area (Å²) in [5.41, 5.74) is 1.29. The lowest BCUT2D eigenvalue weighted by atomic mass is 9.92. The summed E-state index contributed by atoms with van der Waals surface area (Å²) in [6.45, 7) is 3.48. The van der Waals surface area contributed by atoms with Gasteiger partial charge in [0.1, 0.15) is 17.3 Å². The molecule has 0 spiro atoms. The Labute approximate surface area is 228 Å². The molecule has 0 radical (unpaired) electrons. The molecule has 7 nitrogen and oxygen atoms in total. The number of benzene rings is 3. The van der Waals surface area contributed by atoms with Crippen LogP contribution in [0.1, 0.15) is 47.1 Å². The van der Waals surface area contributed by atoms with Crippen molar-refractivity contribution in [3.8, 4) is 11.3 Å². The molecule has 0 aliphatic heterocycles. The zero-order valence-electron chi connectivity index (χ0n) is 22.2. The monoisotopic (exact) mass is 550 g/mol. The van der Waals surface area contributed by atoms with Gasteiger partial charge in [-0.15, -0.1) is 0 Å². The smallest absolute Gasteiger partial charge is 0.251 e. The normalized spacial score (nSPS) is 13.9. The van der Waals surface area contributed by atoms with Crippen molar-refractivity contribution >= 4 is 21.6 Å². The van der Waals surface area contributed by atoms with Crippen molar-refractivity contribution in [1.82, 2.24) is 5.32 Å². The maximum atomic E-state index is 13.3. The molecular formula is C30H31FN2O5S. The number of hydrogen-bond acceptors (Lipinski definition) is 5. The number of halogens is 1. The average molecular weight is 551 g/mol. The van der Waals surface area contributed by atoms with E-state index < -0.39 is 27.6 Å². The van der Waals surface area contributed by atoms with E-state index in [4.69, 9.17) is 4.42 Å². The Morgan fingerprint density at radius 3 is 2.36 bits per heavy atom. The van der Waals surface area contributed by atoms with Crippen LogP contribution in [0.3, 0.4) is 0 Å². The maximum absolute atomic E-state index is 13.3. The summed E-state index contributed by atoms with van der Waals surface area (Å²) >= 11 is 0. The van der Waals surface area contributed by atoms with Gasteiger partial charge in [-0.1, -0.05) is 42.5 Å². The van der Waals surface area contributed by atoms with E-state index in [1.165, 1.54) is 25.2 Å². The van der Waals surface area contributed by atoms with Crippen LogP contribution >= 0.6 is 0 Å². The third kappa shape index (κ3) is 6.74. The molecule has 0 saturated carbocycles. The van der Waals surface area contributed by atoms with Crippen molar-refractivity contribution in [3.05, 3.63) is 113 Å². The number of nitrogens with one attached hydrogen (secondary N) is 1. The number of furan rings is 1. The number of sulfonamides is 1. The van der Waals surface area contributed by atoms with Crippen LogP contribution in [0.4, 0.5) is 10.1 Å². The molecule has 1 aromatic heterocycles. The Morgan fingerprint density at radius 1 is 1.05 bits per heavy atom. The van der Waals surface area contributed by atoms with Crippen LogP contribution in [-0.2, 0) is 22.0 Å². The Kier molecular flexibility index (Phi) is 7.94. The predicted octanol–water partition coefficient (Wildman–Crippen LogP) is 5.42. The van der Waals surface area contributed by atoms with Crippen molar-refractivity contribution in [2.45, 2.75) is 31.9 Å². The van der Waals surface area contributed by atoms with Gasteiger partial charge in [-0.2, -0.15) is 0 Å². The molecular weight excluding hydrogens is 519 g/mol. The first-order chi connectivity index (χ1) is 18.3. The van der Waals surface area contributed by atoms with Crippen molar-refractivity contribution in [2.75, 3.05) is 17.6 Å². The van der Waals surface area contributed by atoms with Gasteiger partial charge in [0.2, 0.25) is 10.0 Å². The van der Waals surface area contributed by atoms with Gasteiger partial charge in [0.05, 0.1) is 23.6 Å². The summed E-state index contributed by atoms with van der Waals surface area (Å²) in [4.78, 5) is 13.2. The first kappa shape index (κ1) is 28.1. The van der Waals surface area contributed by atoms with Crippen LogP contribution in [0.15, 0.2) is 89.3 Å². The molecule has 9 heteroatoms. The molecule has 4 aromatic rings. The summed E-state index contributed by atoms with van der Waals surface area (Å²) in [6.07, 6.45) is 1.29. The van der Waals surface area contributed by atoms with Gasteiger partial charge in [0.25, 0.3) is 5.91 Å². The highest BCUT2D eigenvalue weighted by molar-refractivity contribution is 7.92. The summed E-state index contributed by atoms with van der Waals surface area (Å²) in [7, 11) is -2.21. The van der Waals surface area contributed by atoms with Gasteiger partial charge in [0.15, 0.2) is 0 Å². The molecule has 0 fully saturated rings. The molecule has 0 aliphatic carbocycles. The molecule has 4 rings (SSSR count). The van der Waals surface area contributed by atoms with Crippen LogP contribution in [0.5, 0.6) is 0 Å². The van der Waals surface area contributed by atoms with Gasteiger partial charge in [-0.05, 0) is 67.4 Å². The lowest BCUT2D eigenvalue weighted by Gasteiger charge is -2.22. The van der Waals surface area contributed by atoms with Crippen LogP contribution in [-0.4, -0.2) is 32.7 Å². The first-order valence-electron chi connectivity index (χ1n) is 12.4. The SMILES string of the molecule is C[C@@H](NC(=O)c1cc(-c2ccc(CC(C)(O)c3ccccc3)o2)cc(N(C)S(C)(=O)=O)c1)c1ccc(F)cc1. The zero-order valence-corrected chi connectivity index (χ0v) is 23.0. The highest BCUT2D eigenvalue weighted by atomic mass is 32.2. The number of carbonyl (C=O) groups is 1. The predicted molar refractivity (Wildman–Crippen MR) is 149 cm³/mol.